The molecule has 4 rings (SSSR count). The Kier molecular flexibility index (Phi) is 3.91. The molecule has 2 heterocycles. The normalized spacial score (nSPS) is 21.5. The van der Waals surface area contributed by atoms with Gasteiger partial charge < -0.3 is 10.1 Å². The van der Waals surface area contributed by atoms with Crippen molar-refractivity contribution in [2.45, 2.75) is 25.1 Å². The zero-order valence-electron chi connectivity index (χ0n) is 13.6. The van der Waals surface area contributed by atoms with Gasteiger partial charge in [-0.3, -0.25) is 14.5 Å². The molecule has 1 fully saturated rings. The summed E-state index contributed by atoms with van der Waals surface area (Å²) in [6.45, 7) is 0. The summed E-state index contributed by atoms with van der Waals surface area (Å²) in [7, 11) is 0. The lowest BCUT2D eigenvalue weighted by Crippen LogP contribution is -2.44. The lowest BCUT2D eigenvalue weighted by Gasteiger charge is -2.29. The molecule has 26 heavy (non-hydrogen) atoms. The van der Waals surface area contributed by atoms with Gasteiger partial charge in [0.1, 0.15) is 11.9 Å². The molecule has 1 N–H and O–H groups in total. The third-order valence-electron chi connectivity index (χ3n) is 4.61. The van der Waals surface area contributed by atoms with E-state index in [0.29, 0.717) is 11.1 Å². The van der Waals surface area contributed by atoms with Crippen LogP contribution in [-0.2, 0) is 14.3 Å². The van der Waals surface area contributed by atoms with Gasteiger partial charge in [0.05, 0.1) is 11.3 Å². The maximum Gasteiger partial charge on any atom is 0.340 e. The van der Waals surface area contributed by atoms with Crippen molar-refractivity contribution >= 4 is 23.5 Å². The fourth-order valence-electron chi connectivity index (χ4n) is 3.37. The van der Waals surface area contributed by atoms with E-state index in [1.165, 1.54) is 23.1 Å². The number of halogens is 1. The number of anilines is 1. The van der Waals surface area contributed by atoms with E-state index >= 15 is 0 Å². The van der Waals surface area contributed by atoms with Gasteiger partial charge in [0.25, 0.3) is 0 Å². The van der Waals surface area contributed by atoms with Gasteiger partial charge in [-0.05, 0) is 24.6 Å². The number of carbonyl (C=O) groups excluding carboxylic acids is 3. The number of ether oxygens (including phenoxy) is 1. The van der Waals surface area contributed by atoms with E-state index in [0.717, 1.165) is 0 Å². The van der Waals surface area contributed by atoms with E-state index in [2.05, 4.69) is 5.32 Å². The standard InChI is InChI=1S/C19H15FN2O4/c20-13-7-3-4-8-14(13)21-17(24)15-9-10-16(23)22(15)18-11-5-1-2-6-12(11)19(25)26-18/h1-8,15,18H,9-10H2,(H,21,24)/t15-,18+/m0/s1. The molecule has 6 nitrogen and oxygen atoms in total. The minimum absolute atomic E-state index is 0.0422. The summed E-state index contributed by atoms with van der Waals surface area (Å²) in [5.41, 5.74) is 0.975. The van der Waals surface area contributed by atoms with Gasteiger partial charge in [-0.25, -0.2) is 9.18 Å². The van der Waals surface area contributed by atoms with Gasteiger partial charge in [-0.2, -0.15) is 0 Å². The maximum absolute atomic E-state index is 13.8. The molecule has 0 radical (unpaired) electrons. The number of likely N-dealkylation sites (tertiary alicyclic amines) is 1. The number of amides is 2. The van der Waals surface area contributed by atoms with Crippen molar-refractivity contribution in [2.24, 2.45) is 0 Å². The molecule has 0 aromatic heterocycles. The van der Waals surface area contributed by atoms with Gasteiger partial charge in [0, 0.05) is 12.0 Å². The van der Waals surface area contributed by atoms with Crippen LogP contribution in [0, 0.1) is 5.82 Å². The molecule has 2 aromatic rings. The van der Waals surface area contributed by atoms with Crippen LogP contribution in [0.25, 0.3) is 0 Å². The van der Waals surface area contributed by atoms with Crippen molar-refractivity contribution in [3.8, 4) is 0 Å². The molecular weight excluding hydrogens is 339 g/mol. The Hall–Kier alpha value is -3.22. The van der Waals surface area contributed by atoms with Gasteiger partial charge in [-0.15, -0.1) is 0 Å². The fourth-order valence-corrected chi connectivity index (χ4v) is 3.37. The second kappa shape index (κ2) is 6.25. The maximum atomic E-state index is 13.8. The van der Waals surface area contributed by atoms with Crippen LogP contribution >= 0.6 is 0 Å². The molecule has 0 saturated carbocycles. The number of esters is 1. The highest BCUT2D eigenvalue weighted by molar-refractivity contribution is 6.00. The first-order chi connectivity index (χ1) is 12.6. The lowest BCUT2D eigenvalue weighted by molar-refractivity contribution is -0.144. The molecule has 132 valence electrons. The monoisotopic (exact) mass is 354 g/mol. The molecule has 2 amide bonds. The number of hydrogen-bond donors (Lipinski definition) is 1. The number of para-hydroxylation sites is 1. The van der Waals surface area contributed by atoms with Crippen LogP contribution in [0.5, 0.6) is 0 Å². The van der Waals surface area contributed by atoms with E-state index in [-0.39, 0.29) is 24.4 Å². The summed E-state index contributed by atoms with van der Waals surface area (Å²) in [5, 5.41) is 2.51. The molecule has 7 heteroatoms. The average Bonchev–Trinajstić information content (AvgIpc) is 3.17. The van der Waals surface area contributed by atoms with E-state index < -0.39 is 30.0 Å². The van der Waals surface area contributed by atoms with Crippen molar-refractivity contribution in [1.29, 1.82) is 0 Å². The number of fused-ring (bicyclic) bond motifs is 1. The highest BCUT2D eigenvalue weighted by Gasteiger charge is 2.46. The molecule has 2 aromatic carbocycles. The van der Waals surface area contributed by atoms with E-state index in [1.54, 1.807) is 30.3 Å². The molecule has 0 bridgehead atoms. The molecule has 0 spiro atoms. The number of cyclic esters (lactones) is 1. The summed E-state index contributed by atoms with van der Waals surface area (Å²) < 4.78 is 19.1. The Balaban J connectivity index is 1.62. The smallest absolute Gasteiger partial charge is 0.340 e. The largest absolute Gasteiger partial charge is 0.433 e. The summed E-state index contributed by atoms with van der Waals surface area (Å²) in [6.07, 6.45) is -0.508. The number of nitrogens with one attached hydrogen (secondary N) is 1. The van der Waals surface area contributed by atoms with E-state index in [4.69, 9.17) is 4.74 Å². The molecule has 2 aliphatic heterocycles. The van der Waals surface area contributed by atoms with Crippen LogP contribution in [0.15, 0.2) is 48.5 Å². The quantitative estimate of drug-likeness (QED) is 0.860. The Labute approximate surface area is 148 Å². The van der Waals surface area contributed by atoms with Gasteiger partial charge >= 0.3 is 5.97 Å². The van der Waals surface area contributed by atoms with E-state index in [9.17, 15) is 18.8 Å². The topological polar surface area (TPSA) is 75.7 Å². The zero-order chi connectivity index (χ0) is 18.3. The van der Waals surface area contributed by atoms with Crippen LogP contribution in [0.1, 0.15) is 35.0 Å². The number of carbonyl (C=O) groups is 3. The van der Waals surface area contributed by atoms with Crippen LogP contribution in [0.3, 0.4) is 0 Å². The van der Waals surface area contributed by atoms with Crippen LogP contribution < -0.4 is 5.32 Å². The number of nitrogens with zero attached hydrogens (tertiary/aromatic N) is 1. The second-order valence-corrected chi connectivity index (χ2v) is 6.17. The van der Waals surface area contributed by atoms with Gasteiger partial charge in [-0.1, -0.05) is 30.3 Å². The Bertz CT molecular complexity index is 914. The van der Waals surface area contributed by atoms with Crippen LogP contribution in [-0.4, -0.2) is 28.7 Å². The summed E-state index contributed by atoms with van der Waals surface area (Å²) in [4.78, 5) is 38.4. The first kappa shape index (κ1) is 16.3. The van der Waals surface area contributed by atoms with E-state index in [1.807, 2.05) is 0 Å². The van der Waals surface area contributed by atoms with Gasteiger partial charge in [0.2, 0.25) is 18.0 Å². The molecule has 0 unspecified atom stereocenters. The van der Waals surface area contributed by atoms with Crippen molar-refractivity contribution < 1.29 is 23.5 Å². The third kappa shape index (κ3) is 2.61. The molecule has 0 aliphatic carbocycles. The zero-order valence-corrected chi connectivity index (χ0v) is 13.6. The fraction of sp³-hybridized carbons (Fsp3) is 0.211. The highest BCUT2D eigenvalue weighted by atomic mass is 19.1. The molecule has 2 atom stereocenters. The molecule has 2 aliphatic rings. The summed E-state index contributed by atoms with van der Waals surface area (Å²) >= 11 is 0. The van der Waals surface area contributed by atoms with Crippen molar-refractivity contribution in [3.63, 3.8) is 0 Å². The summed E-state index contributed by atoms with van der Waals surface area (Å²) in [6, 6.07) is 11.7. The predicted octanol–water partition coefficient (Wildman–Crippen LogP) is 2.62. The first-order valence-electron chi connectivity index (χ1n) is 8.23. The van der Waals surface area contributed by atoms with Crippen LogP contribution in [0.2, 0.25) is 0 Å². The van der Waals surface area contributed by atoms with Crippen molar-refractivity contribution in [2.75, 3.05) is 5.32 Å². The Morgan fingerprint density at radius 3 is 2.65 bits per heavy atom. The predicted molar refractivity (Wildman–Crippen MR) is 89.5 cm³/mol. The number of benzene rings is 2. The number of hydrogen-bond acceptors (Lipinski definition) is 4. The molecule has 1 saturated heterocycles. The third-order valence-corrected chi connectivity index (χ3v) is 4.61. The minimum atomic E-state index is -0.940. The van der Waals surface area contributed by atoms with Crippen molar-refractivity contribution in [1.82, 2.24) is 4.90 Å². The van der Waals surface area contributed by atoms with Crippen LogP contribution in [0.4, 0.5) is 10.1 Å². The van der Waals surface area contributed by atoms with Crippen molar-refractivity contribution in [3.05, 3.63) is 65.5 Å². The minimum Gasteiger partial charge on any atom is -0.433 e. The Morgan fingerprint density at radius 2 is 1.85 bits per heavy atom. The molecular formula is C19H15FN2O4. The SMILES string of the molecule is O=C1O[C@@H](N2C(=O)CC[C@H]2C(=O)Nc2ccccc2F)c2ccccc21. The summed E-state index contributed by atoms with van der Waals surface area (Å²) in [5.74, 6) is -1.89. The Morgan fingerprint density at radius 1 is 1.12 bits per heavy atom. The highest BCUT2D eigenvalue weighted by Crippen LogP contribution is 2.38. The lowest BCUT2D eigenvalue weighted by atomic mass is 10.1. The first-order valence-corrected chi connectivity index (χ1v) is 8.23. The van der Waals surface area contributed by atoms with Gasteiger partial charge in [0.15, 0.2) is 0 Å². The second-order valence-electron chi connectivity index (χ2n) is 6.17. The number of rotatable bonds is 3. The average molecular weight is 354 g/mol.